The maximum Gasteiger partial charge on any atom is 0.305 e. The zero-order valence-corrected chi connectivity index (χ0v) is 16.7. The molecule has 0 saturated carbocycles. The molecule has 0 fully saturated rings. The molecule has 1 amide bonds. The van der Waals surface area contributed by atoms with Gasteiger partial charge in [-0.2, -0.15) is 0 Å². The highest BCUT2D eigenvalue weighted by molar-refractivity contribution is 6.30. The molecule has 1 heterocycles. The molecular weight excluding hydrogens is 436 g/mol. The number of benzene rings is 2. The molecule has 1 unspecified atom stereocenters. The summed E-state index contributed by atoms with van der Waals surface area (Å²) in [7, 11) is 1.38. The van der Waals surface area contributed by atoms with Crippen LogP contribution in [0.15, 0.2) is 47.3 Å². The summed E-state index contributed by atoms with van der Waals surface area (Å²) < 4.78 is 33.1. The molecule has 0 aliphatic rings. The number of aliphatic carboxylic acids is 1. The number of nitrogens with one attached hydrogen (secondary N) is 2. The Kier molecular flexibility index (Phi) is 6.40. The molecule has 0 aliphatic carbocycles. The molecule has 3 N–H and O–H groups in total. The smallest absolute Gasteiger partial charge is 0.305 e. The van der Waals surface area contributed by atoms with Gasteiger partial charge in [-0.3, -0.25) is 19.5 Å². The SMILES string of the molecule is COc1ccc(Cl)cc1C(CC(=O)O)NC(=O)c1cc(=O)n(-c2ccc(F)cc2F)[nH]1. The van der Waals surface area contributed by atoms with Crippen molar-refractivity contribution in [1.29, 1.82) is 0 Å². The Balaban J connectivity index is 1.94. The minimum Gasteiger partial charge on any atom is -0.496 e. The highest BCUT2D eigenvalue weighted by atomic mass is 35.5. The lowest BCUT2D eigenvalue weighted by Crippen LogP contribution is -2.31. The van der Waals surface area contributed by atoms with Gasteiger partial charge >= 0.3 is 5.97 Å². The monoisotopic (exact) mass is 451 g/mol. The van der Waals surface area contributed by atoms with Crippen LogP contribution in [0, 0.1) is 11.6 Å². The molecule has 3 aromatic rings. The van der Waals surface area contributed by atoms with E-state index < -0.39 is 41.5 Å². The number of ether oxygens (including phenoxy) is 1. The van der Waals surface area contributed by atoms with E-state index in [1.54, 1.807) is 6.07 Å². The summed E-state index contributed by atoms with van der Waals surface area (Å²) >= 11 is 6.00. The lowest BCUT2D eigenvalue weighted by atomic mass is 10.0. The van der Waals surface area contributed by atoms with E-state index in [4.69, 9.17) is 16.3 Å². The molecule has 0 saturated heterocycles. The summed E-state index contributed by atoms with van der Waals surface area (Å²) in [6.45, 7) is 0. The van der Waals surface area contributed by atoms with E-state index in [2.05, 4.69) is 10.4 Å². The summed E-state index contributed by atoms with van der Waals surface area (Å²) in [6, 6.07) is 6.96. The molecule has 0 spiro atoms. The van der Waals surface area contributed by atoms with Crippen LogP contribution in [-0.2, 0) is 4.79 Å². The van der Waals surface area contributed by atoms with E-state index >= 15 is 0 Å². The van der Waals surface area contributed by atoms with E-state index in [0.29, 0.717) is 22.4 Å². The van der Waals surface area contributed by atoms with Crippen LogP contribution in [0.1, 0.15) is 28.5 Å². The van der Waals surface area contributed by atoms with Crippen molar-refractivity contribution < 1.29 is 28.2 Å². The average Bonchev–Trinajstić information content (AvgIpc) is 3.08. The summed E-state index contributed by atoms with van der Waals surface area (Å²) in [6.07, 6.45) is -0.500. The van der Waals surface area contributed by atoms with Gasteiger partial charge in [0.1, 0.15) is 22.9 Å². The molecule has 3 rings (SSSR count). The van der Waals surface area contributed by atoms with Crippen LogP contribution in [0.3, 0.4) is 0 Å². The van der Waals surface area contributed by atoms with Crippen molar-refractivity contribution in [3.8, 4) is 11.4 Å². The first kappa shape index (κ1) is 22.0. The molecule has 162 valence electrons. The molecule has 11 heteroatoms. The van der Waals surface area contributed by atoms with Gasteiger partial charge in [0.25, 0.3) is 11.5 Å². The van der Waals surface area contributed by atoms with Crippen molar-refractivity contribution in [2.45, 2.75) is 12.5 Å². The molecule has 8 nitrogen and oxygen atoms in total. The zero-order valence-electron chi connectivity index (χ0n) is 16.0. The number of H-pyrrole nitrogens is 1. The number of carbonyl (C=O) groups excluding carboxylic acids is 1. The molecule has 1 atom stereocenters. The third kappa shape index (κ3) is 4.92. The van der Waals surface area contributed by atoms with Crippen molar-refractivity contribution in [2.75, 3.05) is 7.11 Å². The third-order valence-electron chi connectivity index (χ3n) is 4.37. The van der Waals surface area contributed by atoms with Crippen molar-refractivity contribution >= 4 is 23.5 Å². The van der Waals surface area contributed by atoms with E-state index in [9.17, 15) is 28.3 Å². The number of aromatic amines is 1. The van der Waals surface area contributed by atoms with E-state index in [1.807, 2.05) is 0 Å². The third-order valence-corrected chi connectivity index (χ3v) is 4.60. The molecule has 0 aliphatic heterocycles. The molecule has 0 radical (unpaired) electrons. The van der Waals surface area contributed by atoms with Crippen LogP contribution in [0.4, 0.5) is 8.78 Å². The van der Waals surface area contributed by atoms with Gasteiger partial charge in [0.05, 0.1) is 19.6 Å². The summed E-state index contributed by atoms with van der Waals surface area (Å²) in [5, 5.41) is 14.5. The van der Waals surface area contributed by atoms with Crippen LogP contribution in [0.25, 0.3) is 5.69 Å². The quantitative estimate of drug-likeness (QED) is 0.511. The number of halogens is 3. The summed E-state index contributed by atoms with van der Waals surface area (Å²) in [4.78, 5) is 36.3. The Hall–Kier alpha value is -3.66. The van der Waals surface area contributed by atoms with E-state index in [1.165, 1.54) is 19.2 Å². The van der Waals surface area contributed by atoms with Gasteiger partial charge in [-0.05, 0) is 30.3 Å². The molecule has 0 bridgehead atoms. The second kappa shape index (κ2) is 9.00. The number of rotatable bonds is 7. The first-order chi connectivity index (χ1) is 14.7. The van der Waals surface area contributed by atoms with E-state index in [-0.39, 0.29) is 11.4 Å². The first-order valence-corrected chi connectivity index (χ1v) is 9.21. The van der Waals surface area contributed by atoms with Crippen molar-refractivity contribution in [3.05, 3.63) is 80.7 Å². The molecule has 1 aromatic heterocycles. The van der Waals surface area contributed by atoms with Crippen molar-refractivity contribution in [2.24, 2.45) is 0 Å². The Morgan fingerprint density at radius 3 is 2.61 bits per heavy atom. The highest BCUT2D eigenvalue weighted by Crippen LogP contribution is 2.30. The lowest BCUT2D eigenvalue weighted by molar-refractivity contribution is -0.137. The second-order valence-electron chi connectivity index (χ2n) is 6.45. The van der Waals surface area contributed by atoms with Crippen molar-refractivity contribution in [3.63, 3.8) is 0 Å². The highest BCUT2D eigenvalue weighted by Gasteiger charge is 2.24. The predicted molar refractivity (Wildman–Crippen MR) is 107 cm³/mol. The summed E-state index contributed by atoms with van der Waals surface area (Å²) in [5.41, 5.74) is -1.00. The number of nitrogens with zero attached hydrogens (tertiary/aromatic N) is 1. The van der Waals surface area contributed by atoms with Crippen LogP contribution in [0.5, 0.6) is 5.75 Å². The van der Waals surface area contributed by atoms with Crippen LogP contribution in [0.2, 0.25) is 5.02 Å². The molecule has 31 heavy (non-hydrogen) atoms. The van der Waals surface area contributed by atoms with Gasteiger partial charge in [0, 0.05) is 22.7 Å². The van der Waals surface area contributed by atoms with Gasteiger partial charge in [0.15, 0.2) is 5.82 Å². The average molecular weight is 452 g/mol. The molecular formula is C20H16ClF2N3O5. The normalized spacial score (nSPS) is 11.7. The maximum absolute atomic E-state index is 14.0. The number of aromatic nitrogens is 2. The number of carboxylic acid groups (broad SMARTS) is 1. The van der Waals surface area contributed by atoms with Crippen molar-refractivity contribution in [1.82, 2.24) is 15.1 Å². The minimum absolute atomic E-state index is 0.259. The Labute approximate surface area is 179 Å². The standard InChI is InChI=1S/C20H16ClF2N3O5/c1-31-17-5-2-10(21)6-12(17)14(9-19(28)29)24-20(30)15-8-18(27)26(25-15)16-4-3-11(22)7-13(16)23/h2-8,14,25H,9H2,1H3,(H,24,30)(H,28,29). The number of carbonyl (C=O) groups is 2. The Bertz CT molecular complexity index is 1210. The van der Waals surface area contributed by atoms with Gasteiger partial charge in [0.2, 0.25) is 0 Å². The van der Waals surface area contributed by atoms with Gasteiger partial charge in [-0.25, -0.2) is 13.5 Å². The fourth-order valence-electron chi connectivity index (χ4n) is 2.98. The number of methoxy groups -OCH3 is 1. The lowest BCUT2D eigenvalue weighted by Gasteiger charge is -2.20. The minimum atomic E-state index is -1.20. The van der Waals surface area contributed by atoms with Gasteiger partial charge in [-0.1, -0.05) is 11.6 Å². The van der Waals surface area contributed by atoms with Crippen LogP contribution in [-0.4, -0.2) is 33.9 Å². The Morgan fingerprint density at radius 1 is 1.23 bits per heavy atom. The predicted octanol–water partition coefficient (Wildman–Crippen LogP) is 3.05. The van der Waals surface area contributed by atoms with Crippen LogP contribution < -0.4 is 15.6 Å². The fraction of sp³-hybridized carbons (Fsp3) is 0.150. The topological polar surface area (TPSA) is 113 Å². The second-order valence-corrected chi connectivity index (χ2v) is 6.89. The number of carboxylic acids is 1. The first-order valence-electron chi connectivity index (χ1n) is 8.83. The number of hydrogen-bond acceptors (Lipinski definition) is 4. The van der Waals surface area contributed by atoms with Gasteiger partial charge in [-0.15, -0.1) is 0 Å². The molecule has 2 aromatic carbocycles. The van der Waals surface area contributed by atoms with Crippen LogP contribution >= 0.6 is 11.6 Å². The fourth-order valence-corrected chi connectivity index (χ4v) is 3.16. The number of hydrogen-bond donors (Lipinski definition) is 3. The van der Waals surface area contributed by atoms with Gasteiger partial charge < -0.3 is 15.2 Å². The van der Waals surface area contributed by atoms with E-state index in [0.717, 1.165) is 22.9 Å². The zero-order chi connectivity index (χ0) is 22.7. The number of amides is 1. The maximum atomic E-state index is 14.0. The Morgan fingerprint density at radius 2 is 1.97 bits per heavy atom. The summed E-state index contributed by atoms with van der Waals surface area (Å²) in [5.74, 6) is -3.57. The largest absolute Gasteiger partial charge is 0.496 e.